The molecule has 3 rings (SSSR count). The molecule has 0 bridgehead atoms. The van der Waals surface area contributed by atoms with E-state index in [0.717, 1.165) is 10.9 Å². The van der Waals surface area contributed by atoms with Crippen LogP contribution in [0.5, 0.6) is 0 Å². The molecule has 1 heterocycles. The van der Waals surface area contributed by atoms with Crippen molar-refractivity contribution in [2.24, 2.45) is 5.73 Å². The Balaban J connectivity index is 1.77. The Morgan fingerprint density at radius 2 is 1.70 bits per heavy atom. The average Bonchev–Trinajstić information content (AvgIpc) is 2.59. The lowest BCUT2D eigenvalue weighted by atomic mass is 10.1. The first-order valence-corrected chi connectivity index (χ1v) is 7.06. The molecule has 0 unspecified atom stereocenters. The predicted molar refractivity (Wildman–Crippen MR) is 85.8 cm³/mol. The van der Waals surface area contributed by atoms with Crippen LogP contribution in [-0.2, 0) is 11.3 Å². The highest BCUT2D eigenvalue weighted by Gasteiger charge is 2.13. The molecule has 1 aromatic heterocycles. The van der Waals surface area contributed by atoms with Crippen molar-refractivity contribution >= 4 is 22.8 Å². The molecular formula is C18H14N2O3. The second-order valence-electron chi connectivity index (χ2n) is 4.99. The third-order valence-electron chi connectivity index (χ3n) is 3.45. The van der Waals surface area contributed by atoms with E-state index in [-0.39, 0.29) is 12.3 Å². The van der Waals surface area contributed by atoms with E-state index in [1.165, 1.54) is 0 Å². The molecule has 23 heavy (non-hydrogen) atoms. The van der Waals surface area contributed by atoms with Gasteiger partial charge in [-0.2, -0.15) is 0 Å². The SMILES string of the molecule is NC(=O)c1ccccc1COC(=O)c1ccc2ccccc2n1. The number of para-hydroxylation sites is 1. The predicted octanol–water partition coefficient (Wildman–Crippen LogP) is 2.69. The fourth-order valence-electron chi connectivity index (χ4n) is 2.28. The van der Waals surface area contributed by atoms with Gasteiger partial charge in [-0.05, 0) is 18.2 Å². The van der Waals surface area contributed by atoms with Gasteiger partial charge in [0.1, 0.15) is 12.3 Å². The minimum Gasteiger partial charge on any atom is -0.456 e. The maximum Gasteiger partial charge on any atom is 0.357 e. The molecule has 0 fully saturated rings. The fraction of sp³-hybridized carbons (Fsp3) is 0.0556. The zero-order chi connectivity index (χ0) is 16.2. The summed E-state index contributed by atoms with van der Waals surface area (Å²) in [6, 6.07) is 17.7. The first kappa shape index (κ1) is 14.7. The van der Waals surface area contributed by atoms with Crippen LogP contribution < -0.4 is 5.73 Å². The average molecular weight is 306 g/mol. The van der Waals surface area contributed by atoms with Crippen LogP contribution in [-0.4, -0.2) is 16.9 Å². The molecule has 2 aromatic carbocycles. The third-order valence-corrected chi connectivity index (χ3v) is 3.45. The van der Waals surface area contributed by atoms with Gasteiger partial charge in [0.15, 0.2) is 0 Å². The summed E-state index contributed by atoms with van der Waals surface area (Å²) in [6.45, 7) is -0.0353. The highest BCUT2D eigenvalue weighted by molar-refractivity contribution is 5.94. The Hall–Kier alpha value is -3.21. The summed E-state index contributed by atoms with van der Waals surface area (Å²) in [6.07, 6.45) is 0. The maximum absolute atomic E-state index is 12.1. The van der Waals surface area contributed by atoms with Gasteiger partial charge in [-0.3, -0.25) is 4.79 Å². The normalized spacial score (nSPS) is 10.4. The smallest absolute Gasteiger partial charge is 0.357 e. The van der Waals surface area contributed by atoms with Gasteiger partial charge in [-0.15, -0.1) is 0 Å². The number of hydrogen-bond donors (Lipinski definition) is 1. The van der Waals surface area contributed by atoms with E-state index in [1.54, 1.807) is 30.3 Å². The molecule has 0 aliphatic heterocycles. The van der Waals surface area contributed by atoms with E-state index in [1.807, 2.05) is 30.3 Å². The van der Waals surface area contributed by atoms with E-state index < -0.39 is 11.9 Å². The number of ether oxygens (including phenoxy) is 1. The number of benzene rings is 2. The van der Waals surface area contributed by atoms with Gasteiger partial charge in [0.2, 0.25) is 5.91 Å². The Kier molecular flexibility index (Phi) is 4.01. The number of fused-ring (bicyclic) bond motifs is 1. The molecule has 5 nitrogen and oxygen atoms in total. The molecule has 0 atom stereocenters. The quantitative estimate of drug-likeness (QED) is 0.751. The van der Waals surface area contributed by atoms with Crippen LogP contribution >= 0.6 is 0 Å². The lowest BCUT2D eigenvalue weighted by molar-refractivity contribution is 0.0464. The summed E-state index contributed by atoms with van der Waals surface area (Å²) in [4.78, 5) is 27.8. The molecule has 1 amide bonds. The minimum atomic E-state index is -0.555. The highest BCUT2D eigenvalue weighted by Crippen LogP contribution is 2.14. The third kappa shape index (κ3) is 3.18. The van der Waals surface area contributed by atoms with E-state index in [9.17, 15) is 9.59 Å². The summed E-state index contributed by atoms with van der Waals surface area (Å²) in [7, 11) is 0. The Bertz CT molecular complexity index is 890. The molecule has 114 valence electrons. The molecule has 0 aliphatic carbocycles. The summed E-state index contributed by atoms with van der Waals surface area (Å²) in [5.74, 6) is -1.10. The summed E-state index contributed by atoms with van der Waals surface area (Å²) < 4.78 is 5.24. The van der Waals surface area contributed by atoms with Gasteiger partial charge in [0.05, 0.1) is 5.52 Å². The van der Waals surface area contributed by atoms with Crippen molar-refractivity contribution in [2.45, 2.75) is 6.61 Å². The first-order chi connectivity index (χ1) is 11.1. The van der Waals surface area contributed by atoms with Crippen LogP contribution in [0.15, 0.2) is 60.7 Å². The van der Waals surface area contributed by atoms with Crippen LogP contribution in [0.4, 0.5) is 0 Å². The number of nitrogens with zero attached hydrogens (tertiary/aromatic N) is 1. The second kappa shape index (κ2) is 6.27. The molecule has 0 aliphatic rings. The van der Waals surface area contributed by atoms with Gasteiger partial charge in [0, 0.05) is 16.5 Å². The van der Waals surface area contributed by atoms with Crippen LogP contribution in [0, 0.1) is 0 Å². The van der Waals surface area contributed by atoms with Gasteiger partial charge >= 0.3 is 5.97 Å². The zero-order valence-corrected chi connectivity index (χ0v) is 12.2. The maximum atomic E-state index is 12.1. The van der Waals surface area contributed by atoms with Crippen molar-refractivity contribution in [3.05, 3.63) is 77.5 Å². The summed E-state index contributed by atoms with van der Waals surface area (Å²) in [5, 5.41) is 0.947. The van der Waals surface area contributed by atoms with E-state index in [4.69, 9.17) is 10.5 Å². The Morgan fingerprint density at radius 3 is 2.52 bits per heavy atom. The molecule has 0 radical (unpaired) electrons. The van der Waals surface area contributed by atoms with Crippen molar-refractivity contribution < 1.29 is 14.3 Å². The van der Waals surface area contributed by atoms with Gasteiger partial charge in [-0.1, -0.05) is 42.5 Å². The number of nitrogens with two attached hydrogens (primary N) is 1. The lowest BCUT2D eigenvalue weighted by Gasteiger charge is -2.08. The zero-order valence-electron chi connectivity index (χ0n) is 12.2. The fourth-order valence-corrected chi connectivity index (χ4v) is 2.28. The van der Waals surface area contributed by atoms with Crippen molar-refractivity contribution in [3.8, 4) is 0 Å². The molecule has 2 N–H and O–H groups in total. The van der Waals surface area contributed by atoms with Gasteiger partial charge in [0.25, 0.3) is 0 Å². The van der Waals surface area contributed by atoms with Crippen molar-refractivity contribution in [2.75, 3.05) is 0 Å². The standard InChI is InChI=1S/C18H14N2O3/c19-17(21)14-7-3-1-6-13(14)11-23-18(22)16-10-9-12-5-2-4-8-15(12)20-16/h1-10H,11H2,(H2,19,21). The Morgan fingerprint density at radius 1 is 0.957 bits per heavy atom. The first-order valence-electron chi connectivity index (χ1n) is 7.06. The number of carbonyl (C=O) groups is 2. The molecule has 0 saturated heterocycles. The van der Waals surface area contributed by atoms with Crippen LogP contribution in [0.3, 0.4) is 0 Å². The van der Waals surface area contributed by atoms with Crippen LogP contribution in [0.25, 0.3) is 10.9 Å². The number of pyridine rings is 1. The van der Waals surface area contributed by atoms with Crippen molar-refractivity contribution in [1.29, 1.82) is 0 Å². The van der Waals surface area contributed by atoms with Gasteiger partial charge in [-0.25, -0.2) is 9.78 Å². The number of rotatable bonds is 4. The molecular weight excluding hydrogens is 292 g/mol. The molecule has 0 saturated carbocycles. The highest BCUT2D eigenvalue weighted by atomic mass is 16.5. The topological polar surface area (TPSA) is 82.3 Å². The number of carbonyl (C=O) groups excluding carboxylic acids is 2. The second-order valence-corrected chi connectivity index (χ2v) is 4.99. The number of hydrogen-bond acceptors (Lipinski definition) is 4. The number of aromatic nitrogens is 1. The minimum absolute atomic E-state index is 0.0353. The van der Waals surface area contributed by atoms with Crippen molar-refractivity contribution in [3.63, 3.8) is 0 Å². The lowest BCUT2D eigenvalue weighted by Crippen LogP contribution is -2.15. The van der Waals surface area contributed by atoms with Crippen LogP contribution in [0.1, 0.15) is 26.4 Å². The number of primary amides is 1. The molecule has 0 spiro atoms. The molecule has 5 heteroatoms. The Labute approximate surface area is 132 Å². The number of esters is 1. The summed E-state index contributed by atoms with van der Waals surface area (Å²) >= 11 is 0. The van der Waals surface area contributed by atoms with E-state index in [0.29, 0.717) is 11.1 Å². The van der Waals surface area contributed by atoms with Crippen molar-refractivity contribution in [1.82, 2.24) is 4.98 Å². The van der Waals surface area contributed by atoms with Crippen LogP contribution in [0.2, 0.25) is 0 Å². The largest absolute Gasteiger partial charge is 0.456 e. The number of amides is 1. The monoisotopic (exact) mass is 306 g/mol. The molecule has 3 aromatic rings. The van der Waals surface area contributed by atoms with E-state index in [2.05, 4.69) is 4.98 Å². The summed E-state index contributed by atoms with van der Waals surface area (Å²) in [5.41, 5.74) is 7.15. The van der Waals surface area contributed by atoms with Gasteiger partial charge < -0.3 is 10.5 Å². The van der Waals surface area contributed by atoms with E-state index >= 15 is 0 Å².